The molecule has 0 bridgehead atoms. The van der Waals surface area contributed by atoms with Gasteiger partial charge in [-0.1, -0.05) is 24.6 Å². The number of anilines is 1. The molecule has 3 rings (SSSR count). The molecule has 2 unspecified atom stereocenters. The Kier molecular flexibility index (Phi) is 5.15. The summed E-state index contributed by atoms with van der Waals surface area (Å²) in [7, 11) is 0. The van der Waals surface area contributed by atoms with Crippen molar-refractivity contribution in [3.63, 3.8) is 0 Å². The van der Waals surface area contributed by atoms with Crippen LogP contribution >= 0.6 is 0 Å². The summed E-state index contributed by atoms with van der Waals surface area (Å²) < 4.78 is 0.981. The smallest absolute Gasteiger partial charge is 0.280 e. The number of aromatic nitrogens is 3. The highest BCUT2D eigenvalue weighted by Crippen LogP contribution is 2.22. The number of benzene rings is 1. The Bertz CT molecular complexity index is 970. The van der Waals surface area contributed by atoms with Crippen LogP contribution in [0.1, 0.15) is 38.6 Å². The third kappa shape index (κ3) is 3.64. The molecule has 10 nitrogen and oxygen atoms in total. The van der Waals surface area contributed by atoms with Crippen LogP contribution in [-0.2, 0) is 14.4 Å². The van der Waals surface area contributed by atoms with Gasteiger partial charge >= 0.3 is 0 Å². The fourth-order valence-electron chi connectivity index (χ4n) is 3.10. The molecule has 2 heterocycles. The second-order valence-corrected chi connectivity index (χ2v) is 6.39. The maximum absolute atomic E-state index is 13.0. The first-order chi connectivity index (χ1) is 12.9. The van der Waals surface area contributed by atoms with Crippen molar-refractivity contribution in [1.29, 1.82) is 0 Å². The van der Waals surface area contributed by atoms with E-state index in [0.717, 1.165) is 11.1 Å². The van der Waals surface area contributed by atoms with Gasteiger partial charge in [0, 0.05) is 12.1 Å². The van der Waals surface area contributed by atoms with E-state index in [-0.39, 0.29) is 24.1 Å². The number of carbonyl (C=O) groups excluding carboxylic acids is 3. The minimum atomic E-state index is -0.914. The van der Waals surface area contributed by atoms with Crippen molar-refractivity contribution < 1.29 is 14.4 Å². The van der Waals surface area contributed by atoms with Crippen LogP contribution in [0.4, 0.5) is 5.69 Å². The first-order valence-corrected chi connectivity index (χ1v) is 8.70. The van der Waals surface area contributed by atoms with Crippen molar-refractivity contribution in [2.24, 2.45) is 5.73 Å². The van der Waals surface area contributed by atoms with E-state index in [2.05, 4.69) is 20.9 Å². The van der Waals surface area contributed by atoms with E-state index in [9.17, 15) is 19.2 Å². The number of hydrogen-bond donors (Lipinski definition) is 3. The highest BCUT2D eigenvalue weighted by atomic mass is 16.2. The largest absolute Gasteiger partial charge is 0.373 e. The fourth-order valence-corrected chi connectivity index (χ4v) is 3.10. The molecular formula is C17H20N6O4. The number of imide groups is 1. The third-order valence-electron chi connectivity index (χ3n) is 4.47. The standard InChI is InChI=1S/C17H20N6O4/c1-2-4-11(15(18)25)19-9-5-3-6-10-14(9)17(27)23(22-21-10)12-7-8-13(24)20-16(12)26/h3,5-6,11-12,19H,2,4,7-8H2,1H3,(H2,18,25)(H,20,24,26). The number of fused-ring (bicyclic) bond motifs is 1. The van der Waals surface area contributed by atoms with Crippen LogP contribution in [0.5, 0.6) is 0 Å². The predicted octanol–water partition coefficient (Wildman–Crippen LogP) is -0.165. The van der Waals surface area contributed by atoms with Crippen molar-refractivity contribution in [1.82, 2.24) is 20.3 Å². The lowest BCUT2D eigenvalue weighted by Crippen LogP contribution is -2.45. The molecule has 27 heavy (non-hydrogen) atoms. The highest BCUT2D eigenvalue weighted by Gasteiger charge is 2.30. The molecule has 0 spiro atoms. The maximum Gasteiger partial charge on any atom is 0.280 e. The summed E-state index contributed by atoms with van der Waals surface area (Å²) in [5, 5.41) is 13.3. The van der Waals surface area contributed by atoms with E-state index in [4.69, 9.17) is 5.73 Å². The van der Waals surface area contributed by atoms with E-state index >= 15 is 0 Å². The number of nitrogens with two attached hydrogens (primary N) is 1. The second-order valence-electron chi connectivity index (χ2n) is 6.39. The van der Waals surface area contributed by atoms with Crippen LogP contribution in [0.2, 0.25) is 0 Å². The normalized spacial score (nSPS) is 18.2. The number of piperidine rings is 1. The zero-order valence-corrected chi connectivity index (χ0v) is 14.8. The summed E-state index contributed by atoms with van der Waals surface area (Å²) in [6.45, 7) is 1.92. The van der Waals surface area contributed by atoms with Crippen LogP contribution < -0.4 is 21.9 Å². The van der Waals surface area contributed by atoms with Gasteiger partial charge in [0.2, 0.25) is 11.8 Å². The van der Waals surface area contributed by atoms with Crippen LogP contribution in [0.3, 0.4) is 0 Å². The Hall–Kier alpha value is -3.30. The molecule has 3 amide bonds. The average Bonchev–Trinajstić information content (AvgIpc) is 2.62. The predicted molar refractivity (Wildman–Crippen MR) is 96.7 cm³/mol. The summed E-state index contributed by atoms with van der Waals surface area (Å²) in [4.78, 5) is 48.1. The number of nitrogens with one attached hydrogen (secondary N) is 2. The summed E-state index contributed by atoms with van der Waals surface area (Å²) in [5.41, 5.74) is 5.62. The van der Waals surface area contributed by atoms with Gasteiger partial charge in [-0.05, 0) is 25.0 Å². The van der Waals surface area contributed by atoms with Crippen LogP contribution in [0.25, 0.3) is 10.9 Å². The summed E-state index contributed by atoms with van der Waals surface area (Å²) in [6, 6.07) is 3.38. The molecule has 4 N–H and O–H groups in total. The second kappa shape index (κ2) is 7.52. The number of primary amides is 1. The molecule has 0 saturated carbocycles. The van der Waals surface area contributed by atoms with Crippen LogP contribution in [-0.4, -0.2) is 38.8 Å². The van der Waals surface area contributed by atoms with Crippen molar-refractivity contribution in [3.05, 3.63) is 28.6 Å². The average molecular weight is 372 g/mol. The molecule has 1 aromatic heterocycles. The Morgan fingerprint density at radius 2 is 2.19 bits per heavy atom. The number of rotatable bonds is 6. The van der Waals surface area contributed by atoms with E-state index in [0.29, 0.717) is 17.6 Å². The molecule has 1 aliphatic heterocycles. The van der Waals surface area contributed by atoms with E-state index < -0.39 is 29.5 Å². The third-order valence-corrected chi connectivity index (χ3v) is 4.47. The Morgan fingerprint density at radius 1 is 1.41 bits per heavy atom. The monoisotopic (exact) mass is 372 g/mol. The first kappa shape index (κ1) is 18.5. The van der Waals surface area contributed by atoms with Gasteiger partial charge in [-0.15, -0.1) is 5.10 Å². The lowest BCUT2D eigenvalue weighted by molar-refractivity contribution is -0.136. The van der Waals surface area contributed by atoms with Crippen molar-refractivity contribution in [2.75, 3.05) is 5.32 Å². The van der Waals surface area contributed by atoms with Gasteiger partial charge in [0.05, 0.1) is 5.39 Å². The molecule has 142 valence electrons. The zero-order chi connectivity index (χ0) is 19.6. The van der Waals surface area contributed by atoms with Gasteiger partial charge in [-0.3, -0.25) is 24.5 Å². The molecular weight excluding hydrogens is 352 g/mol. The molecule has 1 fully saturated rings. The Labute approximate surface area is 154 Å². The highest BCUT2D eigenvalue weighted by molar-refractivity contribution is 5.99. The number of carbonyl (C=O) groups is 3. The molecule has 1 saturated heterocycles. The van der Waals surface area contributed by atoms with Crippen molar-refractivity contribution in [2.45, 2.75) is 44.7 Å². The number of amides is 3. The molecule has 1 aliphatic rings. The topological polar surface area (TPSA) is 149 Å². The molecule has 0 aliphatic carbocycles. The number of hydrogen-bond acceptors (Lipinski definition) is 7. The van der Waals surface area contributed by atoms with Crippen LogP contribution in [0.15, 0.2) is 23.0 Å². The minimum absolute atomic E-state index is 0.114. The van der Waals surface area contributed by atoms with Crippen molar-refractivity contribution in [3.8, 4) is 0 Å². The molecule has 2 aromatic rings. The minimum Gasteiger partial charge on any atom is -0.373 e. The Balaban J connectivity index is 2.06. The van der Waals surface area contributed by atoms with Gasteiger partial charge in [0.25, 0.3) is 11.5 Å². The molecule has 0 radical (unpaired) electrons. The Morgan fingerprint density at radius 3 is 2.85 bits per heavy atom. The lowest BCUT2D eigenvalue weighted by Gasteiger charge is -2.22. The van der Waals surface area contributed by atoms with Crippen molar-refractivity contribution >= 4 is 34.3 Å². The molecule has 1 aromatic carbocycles. The van der Waals surface area contributed by atoms with Gasteiger partial charge in [-0.2, -0.15) is 4.68 Å². The summed E-state index contributed by atoms with van der Waals surface area (Å²) in [6.07, 6.45) is 1.51. The zero-order valence-electron chi connectivity index (χ0n) is 14.8. The van der Waals surface area contributed by atoms with Gasteiger partial charge < -0.3 is 11.1 Å². The lowest BCUT2D eigenvalue weighted by atomic mass is 10.1. The van der Waals surface area contributed by atoms with Gasteiger partial charge in [0.15, 0.2) is 0 Å². The van der Waals surface area contributed by atoms with E-state index in [1.54, 1.807) is 18.2 Å². The fraction of sp³-hybridized carbons (Fsp3) is 0.412. The quantitative estimate of drug-likeness (QED) is 0.596. The summed E-state index contributed by atoms with van der Waals surface area (Å²) in [5.74, 6) is -1.50. The van der Waals surface area contributed by atoms with Crippen LogP contribution in [0, 0.1) is 0 Å². The first-order valence-electron chi connectivity index (χ1n) is 8.70. The van der Waals surface area contributed by atoms with Gasteiger partial charge in [-0.25, -0.2) is 0 Å². The molecule has 2 atom stereocenters. The number of nitrogens with zero attached hydrogens (tertiary/aromatic N) is 3. The van der Waals surface area contributed by atoms with E-state index in [1.807, 2.05) is 6.92 Å². The van der Waals surface area contributed by atoms with E-state index in [1.165, 1.54) is 0 Å². The van der Waals surface area contributed by atoms with Gasteiger partial charge in [0.1, 0.15) is 17.6 Å². The summed E-state index contributed by atoms with van der Waals surface area (Å²) >= 11 is 0. The molecule has 10 heteroatoms. The SMILES string of the molecule is CCCC(Nc1cccc2nnn(C3CCC(=O)NC3=O)c(=O)c12)C(N)=O. The maximum atomic E-state index is 13.0.